The minimum absolute atomic E-state index is 0.0147. The number of rotatable bonds is 6. The smallest absolute Gasteiger partial charge is 0.0613 e. The van der Waals surface area contributed by atoms with Crippen LogP contribution >= 0.6 is 11.8 Å². The van der Waals surface area contributed by atoms with Crippen LogP contribution in [0, 0.1) is 0 Å². The summed E-state index contributed by atoms with van der Waals surface area (Å²) in [5.74, 6) is 0. The summed E-state index contributed by atoms with van der Waals surface area (Å²) in [4.78, 5) is 0. The molecule has 0 aliphatic heterocycles. The molecule has 1 fully saturated rings. The molecule has 1 rings (SSSR count). The van der Waals surface area contributed by atoms with Crippen molar-refractivity contribution in [2.45, 2.75) is 68.9 Å². The fourth-order valence-corrected chi connectivity index (χ4v) is 4.05. The third kappa shape index (κ3) is 4.27. The molecule has 3 heteroatoms. The van der Waals surface area contributed by atoms with Gasteiger partial charge in [0.05, 0.1) is 6.61 Å². The summed E-state index contributed by atoms with van der Waals surface area (Å²) in [7, 11) is 0. The van der Waals surface area contributed by atoms with E-state index >= 15 is 0 Å². The first-order valence-corrected chi connectivity index (χ1v) is 7.57. The van der Waals surface area contributed by atoms with Gasteiger partial charge in [-0.05, 0) is 37.5 Å². The quantitative estimate of drug-likeness (QED) is 0.755. The van der Waals surface area contributed by atoms with Gasteiger partial charge in [0, 0.05) is 10.8 Å². The summed E-state index contributed by atoms with van der Waals surface area (Å²) in [5, 5.41) is 14.6. The first-order chi connectivity index (χ1) is 7.62. The van der Waals surface area contributed by atoms with Gasteiger partial charge in [0.25, 0.3) is 0 Å². The molecule has 1 aliphatic rings. The van der Waals surface area contributed by atoms with E-state index < -0.39 is 0 Å². The third-order valence-corrected chi connectivity index (χ3v) is 4.65. The Labute approximate surface area is 105 Å². The lowest BCUT2D eigenvalue weighted by Gasteiger charge is -2.41. The molecule has 2 N–H and O–H groups in total. The van der Waals surface area contributed by atoms with Gasteiger partial charge in [0.2, 0.25) is 0 Å². The van der Waals surface area contributed by atoms with Crippen molar-refractivity contribution in [2.75, 3.05) is 13.2 Å². The van der Waals surface area contributed by atoms with E-state index in [2.05, 4.69) is 37.8 Å². The number of hydrogen-bond donors (Lipinski definition) is 2. The van der Waals surface area contributed by atoms with Crippen LogP contribution in [0.4, 0.5) is 0 Å². The average Bonchev–Trinajstić information content (AvgIpc) is 2.26. The molecular weight excluding hydrogens is 218 g/mol. The number of hydrogen-bond acceptors (Lipinski definition) is 3. The van der Waals surface area contributed by atoms with Gasteiger partial charge in [-0.15, -0.1) is 0 Å². The third-order valence-electron chi connectivity index (χ3n) is 3.32. The van der Waals surface area contributed by atoms with Crippen molar-refractivity contribution in [2.24, 2.45) is 0 Å². The molecule has 2 atom stereocenters. The van der Waals surface area contributed by atoms with Gasteiger partial charge in [-0.25, -0.2) is 0 Å². The molecule has 0 amide bonds. The van der Waals surface area contributed by atoms with Gasteiger partial charge in [-0.2, -0.15) is 11.8 Å². The van der Waals surface area contributed by atoms with E-state index in [1.165, 1.54) is 12.8 Å². The fraction of sp³-hybridized carbons (Fsp3) is 1.00. The number of aliphatic hydroxyl groups is 1. The molecule has 2 nitrogen and oxygen atoms in total. The maximum absolute atomic E-state index is 9.65. The zero-order chi connectivity index (χ0) is 12.0. The lowest BCUT2D eigenvalue weighted by atomic mass is 9.82. The summed E-state index contributed by atoms with van der Waals surface area (Å²) in [6.07, 6.45) is 5.98. The number of thioether (sulfide) groups is 1. The van der Waals surface area contributed by atoms with Crippen molar-refractivity contribution in [3.8, 4) is 0 Å². The Morgan fingerprint density at radius 1 is 1.50 bits per heavy atom. The molecule has 0 aromatic heterocycles. The van der Waals surface area contributed by atoms with Crippen LogP contribution in [0.3, 0.4) is 0 Å². The molecule has 16 heavy (non-hydrogen) atoms. The van der Waals surface area contributed by atoms with Gasteiger partial charge in [0.15, 0.2) is 0 Å². The lowest BCUT2D eigenvalue weighted by Crippen LogP contribution is -2.52. The molecule has 2 unspecified atom stereocenters. The summed E-state index contributed by atoms with van der Waals surface area (Å²) < 4.78 is 0. The van der Waals surface area contributed by atoms with Gasteiger partial charge in [0.1, 0.15) is 0 Å². The average molecular weight is 245 g/mol. The zero-order valence-electron chi connectivity index (χ0n) is 11.0. The van der Waals surface area contributed by atoms with Crippen molar-refractivity contribution in [1.29, 1.82) is 0 Å². The highest BCUT2D eigenvalue weighted by Crippen LogP contribution is 2.36. The molecule has 1 aliphatic carbocycles. The van der Waals surface area contributed by atoms with Crippen molar-refractivity contribution in [1.82, 2.24) is 5.32 Å². The van der Waals surface area contributed by atoms with E-state index in [0.717, 1.165) is 31.1 Å². The van der Waals surface area contributed by atoms with E-state index in [1.807, 2.05) is 0 Å². The molecule has 96 valence electrons. The molecule has 1 saturated carbocycles. The molecule has 0 spiro atoms. The van der Waals surface area contributed by atoms with Crippen LogP contribution < -0.4 is 5.32 Å². The van der Waals surface area contributed by atoms with Crippen LogP contribution in [-0.4, -0.2) is 34.3 Å². The summed E-state index contributed by atoms with van der Waals surface area (Å²) >= 11 is 2.08. The number of aliphatic hydroxyl groups excluding tert-OH is 1. The Morgan fingerprint density at radius 2 is 2.25 bits per heavy atom. The Bertz CT molecular complexity index is 198. The predicted octanol–water partition coefficient (Wildman–Crippen LogP) is 2.80. The standard InChI is InChI=1S/C13H27NOS/c1-4-8-14-13(10-15)7-5-6-12(9-13)16-11(2)3/h11-12,14-15H,4-10H2,1-3H3. The first-order valence-electron chi connectivity index (χ1n) is 6.63. The molecule has 0 bridgehead atoms. The van der Waals surface area contributed by atoms with Crippen LogP contribution in [0.25, 0.3) is 0 Å². The van der Waals surface area contributed by atoms with Crippen molar-refractivity contribution < 1.29 is 5.11 Å². The molecular formula is C13H27NOS. The van der Waals surface area contributed by atoms with Crippen molar-refractivity contribution >= 4 is 11.8 Å². The van der Waals surface area contributed by atoms with E-state index in [-0.39, 0.29) is 5.54 Å². The van der Waals surface area contributed by atoms with Gasteiger partial charge in [-0.3, -0.25) is 0 Å². The SMILES string of the molecule is CCCNC1(CO)CCCC(SC(C)C)C1. The second-order valence-corrected chi connectivity index (χ2v) is 7.15. The normalized spacial score (nSPS) is 30.9. The monoisotopic (exact) mass is 245 g/mol. The van der Waals surface area contributed by atoms with Crippen molar-refractivity contribution in [3.05, 3.63) is 0 Å². The summed E-state index contributed by atoms with van der Waals surface area (Å²) in [5.41, 5.74) is 0.0147. The van der Waals surface area contributed by atoms with Crippen LogP contribution in [0.15, 0.2) is 0 Å². The number of nitrogens with one attached hydrogen (secondary N) is 1. The minimum Gasteiger partial charge on any atom is -0.394 e. The lowest BCUT2D eigenvalue weighted by molar-refractivity contribution is 0.124. The van der Waals surface area contributed by atoms with E-state index in [4.69, 9.17) is 0 Å². The van der Waals surface area contributed by atoms with Gasteiger partial charge in [-0.1, -0.05) is 27.2 Å². The second-order valence-electron chi connectivity index (χ2n) is 5.27. The molecule has 0 aromatic rings. The van der Waals surface area contributed by atoms with E-state index in [9.17, 15) is 5.11 Å². The highest BCUT2D eigenvalue weighted by Gasteiger charge is 2.35. The molecule has 0 radical (unpaired) electrons. The highest BCUT2D eigenvalue weighted by atomic mass is 32.2. The second kappa shape index (κ2) is 6.87. The highest BCUT2D eigenvalue weighted by molar-refractivity contribution is 8.00. The minimum atomic E-state index is 0.0147. The van der Waals surface area contributed by atoms with Crippen LogP contribution in [0.5, 0.6) is 0 Å². The Hall–Kier alpha value is 0.270. The molecule has 0 aromatic carbocycles. The zero-order valence-corrected chi connectivity index (χ0v) is 11.8. The van der Waals surface area contributed by atoms with Gasteiger partial charge >= 0.3 is 0 Å². The summed E-state index contributed by atoms with van der Waals surface area (Å²) in [6, 6.07) is 0. The molecule has 0 saturated heterocycles. The largest absolute Gasteiger partial charge is 0.394 e. The molecule has 0 heterocycles. The first kappa shape index (κ1) is 14.3. The van der Waals surface area contributed by atoms with Crippen LogP contribution in [-0.2, 0) is 0 Å². The van der Waals surface area contributed by atoms with Crippen LogP contribution in [0.1, 0.15) is 52.9 Å². The van der Waals surface area contributed by atoms with E-state index in [1.54, 1.807) is 0 Å². The van der Waals surface area contributed by atoms with Gasteiger partial charge < -0.3 is 10.4 Å². The Kier molecular flexibility index (Phi) is 6.16. The fourth-order valence-electron chi connectivity index (χ4n) is 2.56. The summed E-state index contributed by atoms with van der Waals surface area (Å²) in [6.45, 7) is 8.03. The van der Waals surface area contributed by atoms with E-state index in [0.29, 0.717) is 11.9 Å². The van der Waals surface area contributed by atoms with Crippen molar-refractivity contribution in [3.63, 3.8) is 0 Å². The maximum Gasteiger partial charge on any atom is 0.0613 e. The Balaban J connectivity index is 2.50. The topological polar surface area (TPSA) is 32.3 Å². The maximum atomic E-state index is 9.65. The van der Waals surface area contributed by atoms with Crippen LogP contribution in [0.2, 0.25) is 0 Å². The Morgan fingerprint density at radius 3 is 2.81 bits per heavy atom. The predicted molar refractivity (Wildman–Crippen MR) is 73.1 cm³/mol.